The van der Waals surface area contributed by atoms with Gasteiger partial charge < -0.3 is 24.6 Å². The van der Waals surface area contributed by atoms with Crippen molar-refractivity contribution in [2.75, 3.05) is 18.6 Å². The number of ether oxygens (including phenoxy) is 2. The fraction of sp³-hybridized carbons (Fsp3) is 0.160. The summed E-state index contributed by atoms with van der Waals surface area (Å²) >= 11 is 12.3. The molecule has 2 aromatic carbocycles. The van der Waals surface area contributed by atoms with Crippen molar-refractivity contribution in [1.82, 2.24) is 4.98 Å². The average Bonchev–Trinajstić information content (AvgIpc) is 2.85. The molecule has 1 aliphatic rings. The van der Waals surface area contributed by atoms with Crippen LogP contribution in [0.2, 0.25) is 10.0 Å². The number of rotatable bonds is 6. The second kappa shape index (κ2) is 9.82. The van der Waals surface area contributed by atoms with Gasteiger partial charge in [0, 0.05) is 24.9 Å². The zero-order valence-electron chi connectivity index (χ0n) is 19.3. The number of benzene rings is 2. The Morgan fingerprint density at radius 2 is 1.87 bits per heavy atom. The summed E-state index contributed by atoms with van der Waals surface area (Å²) in [6.45, 7) is 3.13. The smallest absolute Gasteiger partial charge is 0.425 e. The molecule has 0 saturated heterocycles. The van der Waals surface area contributed by atoms with Crippen LogP contribution < -0.4 is 14.4 Å². The second-order valence-electron chi connectivity index (χ2n) is 8.17. The number of hydrogen-bond acceptors (Lipinski definition) is 6. The maximum absolute atomic E-state index is 14.4. The number of halogens is 5. The quantitative estimate of drug-likeness (QED) is 0.392. The molecule has 0 bridgehead atoms. The van der Waals surface area contributed by atoms with Crippen LogP contribution >= 0.6 is 23.2 Å². The van der Waals surface area contributed by atoms with Crippen molar-refractivity contribution in [2.45, 2.75) is 11.8 Å². The number of anilines is 1. The molecule has 3 aromatic rings. The van der Waals surface area contributed by atoms with Crippen LogP contribution in [0, 0.1) is 0 Å². The number of aromatic carboxylic acids is 1. The van der Waals surface area contributed by atoms with E-state index in [9.17, 15) is 27.9 Å². The first-order chi connectivity index (χ1) is 17.7. The molecule has 2 N–H and O–H groups in total. The van der Waals surface area contributed by atoms with Gasteiger partial charge in [-0.05, 0) is 41.5 Å². The number of nitrogens with zero attached hydrogens (tertiary/aromatic N) is 2. The predicted molar refractivity (Wildman–Crippen MR) is 132 cm³/mol. The van der Waals surface area contributed by atoms with E-state index in [1.165, 1.54) is 30.1 Å². The Labute approximate surface area is 223 Å². The topological polar surface area (TPSA) is 109 Å². The number of carboxylic acid groups (broad SMARTS) is 1. The minimum atomic E-state index is -5.23. The Balaban J connectivity index is 1.69. The standard InChI is InChI=1S/C25H17Cl2F3N2O6/c1-12(16-5-4-15(9-17(16)26)38-22-18(27)7-13(10-31-22)23(34)35)24(36,25(28,29)30)14-3-6-19-20(8-14)37-11-21(33)32(19)2/h3-10,36H,1,11H2,2H3,(H,34,35)/t24-/m1/s1. The van der Waals surface area contributed by atoms with E-state index in [2.05, 4.69) is 11.6 Å². The molecule has 1 atom stereocenters. The van der Waals surface area contributed by atoms with Gasteiger partial charge in [0.2, 0.25) is 11.5 Å². The molecule has 0 spiro atoms. The summed E-state index contributed by atoms with van der Waals surface area (Å²) in [5.41, 5.74) is -5.11. The lowest BCUT2D eigenvalue weighted by Gasteiger charge is -2.35. The highest BCUT2D eigenvalue weighted by Gasteiger charge is 2.57. The zero-order valence-corrected chi connectivity index (χ0v) is 20.9. The lowest BCUT2D eigenvalue weighted by molar-refractivity contribution is -0.240. The Morgan fingerprint density at radius 3 is 2.47 bits per heavy atom. The number of likely N-dealkylation sites (N-methyl/N-ethyl adjacent to an activating group) is 1. The van der Waals surface area contributed by atoms with Gasteiger partial charge in [-0.3, -0.25) is 4.79 Å². The van der Waals surface area contributed by atoms with E-state index in [0.717, 1.165) is 30.5 Å². The molecule has 4 rings (SSSR count). The van der Waals surface area contributed by atoms with Crippen LogP contribution in [0.5, 0.6) is 17.4 Å². The number of carbonyl (C=O) groups is 2. The monoisotopic (exact) mass is 568 g/mol. The van der Waals surface area contributed by atoms with Crippen molar-refractivity contribution in [3.8, 4) is 17.4 Å². The molecular formula is C25H17Cl2F3N2O6. The van der Waals surface area contributed by atoms with E-state index >= 15 is 0 Å². The molecule has 0 fully saturated rings. The lowest BCUT2D eigenvalue weighted by atomic mass is 9.82. The SMILES string of the molecule is C=C(c1ccc(Oc2ncc(C(=O)O)cc2Cl)cc1Cl)[C@@](O)(c1ccc2c(c1)OCC(=O)N2C)C(F)(F)F. The minimum absolute atomic E-state index is 0.0202. The van der Waals surface area contributed by atoms with Gasteiger partial charge in [0.25, 0.3) is 5.91 Å². The molecule has 38 heavy (non-hydrogen) atoms. The van der Waals surface area contributed by atoms with Crippen molar-refractivity contribution in [3.63, 3.8) is 0 Å². The number of carbonyl (C=O) groups excluding carboxylic acids is 1. The highest BCUT2D eigenvalue weighted by molar-refractivity contribution is 6.33. The van der Waals surface area contributed by atoms with E-state index in [1.807, 2.05) is 0 Å². The molecule has 2 heterocycles. The molecule has 0 saturated carbocycles. The van der Waals surface area contributed by atoms with Crippen molar-refractivity contribution in [3.05, 3.63) is 82.0 Å². The average molecular weight is 569 g/mol. The van der Waals surface area contributed by atoms with Gasteiger partial charge in [0.15, 0.2) is 6.61 Å². The van der Waals surface area contributed by atoms with E-state index in [0.29, 0.717) is 0 Å². The van der Waals surface area contributed by atoms with Gasteiger partial charge in [0.05, 0.1) is 16.3 Å². The van der Waals surface area contributed by atoms with E-state index in [-0.39, 0.29) is 56.8 Å². The van der Waals surface area contributed by atoms with Crippen molar-refractivity contribution in [1.29, 1.82) is 0 Å². The molecule has 1 aromatic heterocycles. The Kier molecular flexibility index (Phi) is 7.04. The van der Waals surface area contributed by atoms with Crippen molar-refractivity contribution < 1.29 is 42.4 Å². The van der Waals surface area contributed by atoms with Gasteiger partial charge >= 0.3 is 12.1 Å². The fourth-order valence-corrected chi connectivity index (χ4v) is 4.23. The molecule has 0 radical (unpaired) electrons. The van der Waals surface area contributed by atoms with Crippen LogP contribution in [-0.2, 0) is 10.4 Å². The Bertz CT molecular complexity index is 1480. The van der Waals surface area contributed by atoms with Crippen LogP contribution in [0.1, 0.15) is 21.5 Å². The maximum Gasteiger partial charge on any atom is 0.425 e. The number of pyridine rings is 1. The summed E-state index contributed by atoms with van der Waals surface area (Å²) in [4.78, 5) is 27.9. The summed E-state index contributed by atoms with van der Waals surface area (Å²) in [6, 6.07) is 7.95. The summed E-state index contributed by atoms with van der Waals surface area (Å²) in [5, 5.41) is 19.7. The van der Waals surface area contributed by atoms with Crippen LogP contribution in [0.3, 0.4) is 0 Å². The fourth-order valence-electron chi connectivity index (χ4n) is 3.74. The highest BCUT2D eigenvalue weighted by atomic mass is 35.5. The number of hydrogen-bond donors (Lipinski definition) is 2. The summed E-state index contributed by atoms with van der Waals surface area (Å²) in [5.74, 6) is -1.80. The van der Waals surface area contributed by atoms with Crippen LogP contribution in [0.25, 0.3) is 5.57 Å². The number of aromatic nitrogens is 1. The van der Waals surface area contributed by atoms with Crippen molar-refractivity contribution >= 4 is 46.3 Å². The van der Waals surface area contributed by atoms with Gasteiger partial charge in [0.1, 0.15) is 16.5 Å². The molecule has 0 unspecified atom stereocenters. The molecule has 8 nitrogen and oxygen atoms in total. The summed E-state index contributed by atoms with van der Waals surface area (Å²) in [7, 11) is 1.45. The number of alkyl halides is 3. The first-order valence-corrected chi connectivity index (χ1v) is 11.4. The predicted octanol–water partition coefficient (Wildman–Crippen LogP) is 5.70. The maximum atomic E-state index is 14.4. The number of amides is 1. The Morgan fingerprint density at radius 1 is 1.16 bits per heavy atom. The van der Waals surface area contributed by atoms with Gasteiger partial charge in [-0.15, -0.1) is 0 Å². The number of carboxylic acids is 1. The highest BCUT2D eigenvalue weighted by Crippen LogP contribution is 2.50. The van der Waals surface area contributed by atoms with E-state index in [4.69, 9.17) is 37.8 Å². The third-order valence-corrected chi connectivity index (χ3v) is 6.43. The Hall–Kier alpha value is -3.80. The second-order valence-corrected chi connectivity index (χ2v) is 8.98. The first-order valence-electron chi connectivity index (χ1n) is 10.6. The van der Waals surface area contributed by atoms with Crippen LogP contribution in [0.4, 0.5) is 18.9 Å². The third-order valence-electron chi connectivity index (χ3n) is 5.85. The normalized spacial score (nSPS) is 14.8. The molecule has 1 amide bonds. The van der Waals surface area contributed by atoms with Gasteiger partial charge in [-0.1, -0.05) is 35.8 Å². The number of aliphatic hydroxyl groups is 1. The summed E-state index contributed by atoms with van der Waals surface area (Å²) in [6.07, 6.45) is -4.21. The van der Waals surface area contributed by atoms with Crippen molar-refractivity contribution in [2.24, 2.45) is 0 Å². The van der Waals surface area contributed by atoms with Gasteiger partial charge in [-0.2, -0.15) is 13.2 Å². The molecule has 198 valence electrons. The summed E-state index contributed by atoms with van der Waals surface area (Å²) < 4.78 is 53.9. The van der Waals surface area contributed by atoms with E-state index < -0.39 is 28.9 Å². The zero-order chi connectivity index (χ0) is 28.0. The third kappa shape index (κ3) is 4.75. The first kappa shape index (κ1) is 27.2. The lowest BCUT2D eigenvalue weighted by Crippen LogP contribution is -2.43. The van der Waals surface area contributed by atoms with Gasteiger partial charge in [-0.25, -0.2) is 9.78 Å². The molecular weight excluding hydrogens is 552 g/mol. The molecule has 1 aliphatic heterocycles. The van der Waals surface area contributed by atoms with Crippen LogP contribution in [0.15, 0.2) is 55.2 Å². The van der Waals surface area contributed by atoms with Crippen LogP contribution in [-0.4, -0.2) is 46.9 Å². The minimum Gasteiger partial charge on any atom is -0.482 e. The molecule has 13 heteroatoms. The van der Waals surface area contributed by atoms with E-state index in [1.54, 1.807) is 0 Å². The molecule has 0 aliphatic carbocycles. The number of fused-ring (bicyclic) bond motifs is 1. The largest absolute Gasteiger partial charge is 0.482 e.